The van der Waals surface area contributed by atoms with Crippen LogP contribution in [0.5, 0.6) is 5.88 Å². The van der Waals surface area contributed by atoms with Crippen molar-refractivity contribution in [2.45, 2.75) is 70.4 Å². The van der Waals surface area contributed by atoms with Gasteiger partial charge in [0, 0.05) is 36.3 Å². The Morgan fingerprint density at radius 2 is 1.93 bits per heavy atom. The maximum Gasteiger partial charge on any atom is 0.213 e. The van der Waals surface area contributed by atoms with E-state index in [0.717, 1.165) is 35.7 Å². The summed E-state index contributed by atoms with van der Waals surface area (Å²) in [5.74, 6) is 5.48. The van der Waals surface area contributed by atoms with Crippen LogP contribution in [0.4, 0.5) is 0 Å². The van der Waals surface area contributed by atoms with E-state index >= 15 is 0 Å². The van der Waals surface area contributed by atoms with Crippen molar-refractivity contribution in [3.63, 3.8) is 0 Å². The van der Waals surface area contributed by atoms with E-state index in [1.807, 2.05) is 26.1 Å². The van der Waals surface area contributed by atoms with E-state index in [2.05, 4.69) is 27.6 Å². The molecule has 160 valence electrons. The lowest BCUT2D eigenvalue weighted by Gasteiger charge is -2.32. The number of likely N-dealkylation sites (tertiary alicyclic amines) is 1. The zero-order valence-corrected chi connectivity index (χ0v) is 18.4. The van der Waals surface area contributed by atoms with Crippen LogP contribution in [0.1, 0.15) is 64.7 Å². The van der Waals surface area contributed by atoms with Gasteiger partial charge in [0.1, 0.15) is 5.82 Å². The zero-order chi connectivity index (χ0) is 20.5. The number of aromatic nitrogens is 4. The summed E-state index contributed by atoms with van der Waals surface area (Å²) < 4.78 is 8.07. The molecule has 6 heteroatoms. The lowest BCUT2D eigenvalue weighted by atomic mass is 10.0. The highest BCUT2D eigenvalue weighted by Gasteiger charge is 2.77. The minimum atomic E-state index is 0.126. The molecule has 30 heavy (non-hydrogen) atoms. The summed E-state index contributed by atoms with van der Waals surface area (Å²) in [7, 11) is 0. The monoisotopic (exact) mass is 407 g/mol. The molecule has 3 heterocycles. The summed E-state index contributed by atoms with van der Waals surface area (Å²) in [5.41, 5.74) is 1.34. The number of nitrogens with zero attached hydrogens (tertiary/aromatic N) is 5. The lowest BCUT2D eigenvalue weighted by Crippen LogP contribution is -2.35. The predicted molar refractivity (Wildman–Crippen MR) is 115 cm³/mol. The molecular weight excluding hydrogens is 374 g/mol. The number of rotatable bonds is 6. The van der Waals surface area contributed by atoms with Crippen molar-refractivity contribution in [3.05, 3.63) is 24.2 Å². The number of piperidine rings is 1. The minimum Gasteiger partial charge on any atom is -0.475 e. The van der Waals surface area contributed by atoms with E-state index in [4.69, 9.17) is 14.8 Å². The second-order valence-corrected chi connectivity index (χ2v) is 10.2. The fraction of sp³-hybridized carbons (Fsp3) is 0.708. The number of pyridine rings is 1. The summed E-state index contributed by atoms with van der Waals surface area (Å²) in [6.07, 6.45) is 8.54. The molecule has 2 unspecified atom stereocenters. The van der Waals surface area contributed by atoms with Gasteiger partial charge in [-0.1, -0.05) is 6.92 Å². The Morgan fingerprint density at radius 1 is 1.17 bits per heavy atom. The highest BCUT2D eigenvalue weighted by atomic mass is 16.5. The van der Waals surface area contributed by atoms with Crippen LogP contribution in [0.25, 0.3) is 11.4 Å². The molecule has 0 amide bonds. The molecule has 1 saturated heterocycles. The third-order valence-electron chi connectivity index (χ3n) is 8.25. The van der Waals surface area contributed by atoms with Crippen molar-refractivity contribution in [3.8, 4) is 17.3 Å². The Labute approximate surface area is 179 Å². The molecule has 4 saturated carbocycles. The largest absolute Gasteiger partial charge is 0.475 e. The summed E-state index contributed by atoms with van der Waals surface area (Å²) >= 11 is 0. The van der Waals surface area contributed by atoms with E-state index in [9.17, 15) is 0 Å². The number of hydrogen-bond acceptors (Lipinski definition) is 5. The maximum atomic E-state index is 5.71. The Kier molecular flexibility index (Phi) is 4.24. The molecule has 2 aromatic heterocycles. The highest BCUT2D eigenvalue weighted by Crippen LogP contribution is 2.79. The Hall–Kier alpha value is -1.95. The molecule has 0 radical (unpaired) electrons. The zero-order valence-electron chi connectivity index (χ0n) is 18.4. The lowest BCUT2D eigenvalue weighted by molar-refractivity contribution is 0.183. The van der Waals surface area contributed by atoms with E-state index in [1.165, 1.54) is 51.0 Å². The molecular formula is C24H33N5O. The van der Waals surface area contributed by atoms with Gasteiger partial charge < -0.3 is 9.64 Å². The maximum absolute atomic E-state index is 5.71. The van der Waals surface area contributed by atoms with Gasteiger partial charge in [-0.3, -0.25) is 0 Å². The van der Waals surface area contributed by atoms with Gasteiger partial charge in [0.2, 0.25) is 5.88 Å². The molecule has 5 fully saturated rings. The SMILES string of the molecule is CCN1CCC(n2nc(-c3ccc(OC(C)C)nc3)nc2C23CC4CC2C3C4)CC1. The molecule has 2 atom stereocenters. The fourth-order valence-electron chi connectivity index (χ4n) is 6.86. The predicted octanol–water partition coefficient (Wildman–Crippen LogP) is 4.08. The summed E-state index contributed by atoms with van der Waals surface area (Å²) in [4.78, 5) is 12.3. The molecule has 2 aromatic rings. The average Bonchev–Trinajstić information content (AvgIpc) is 3.34. The molecule has 5 aliphatic rings. The minimum absolute atomic E-state index is 0.126. The van der Waals surface area contributed by atoms with Crippen molar-refractivity contribution in [2.75, 3.05) is 19.6 Å². The van der Waals surface area contributed by atoms with Crippen molar-refractivity contribution >= 4 is 0 Å². The first-order chi connectivity index (χ1) is 14.6. The molecule has 0 spiro atoms. The van der Waals surface area contributed by atoms with Crippen LogP contribution in [0.15, 0.2) is 18.3 Å². The first-order valence-electron chi connectivity index (χ1n) is 11.9. The van der Waals surface area contributed by atoms with Gasteiger partial charge in [-0.25, -0.2) is 14.6 Å². The van der Waals surface area contributed by atoms with Gasteiger partial charge in [0.05, 0.1) is 12.1 Å². The smallest absolute Gasteiger partial charge is 0.213 e. The van der Waals surface area contributed by atoms with Crippen molar-refractivity contribution in [1.29, 1.82) is 0 Å². The van der Waals surface area contributed by atoms with E-state index in [-0.39, 0.29) is 6.10 Å². The number of hydrogen-bond donors (Lipinski definition) is 0. The first-order valence-corrected chi connectivity index (χ1v) is 11.9. The van der Waals surface area contributed by atoms with Gasteiger partial charge in [0.15, 0.2) is 5.82 Å². The average molecular weight is 408 g/mol. The second-order valence-electron chi connectivity index (χ2n) is 10.2. The Bertz CT molecular complexity index is 916. The molecule has 4 bridgehead atoms. The standard InChI is InChI=1S/C24H33N5O/c1-4-28-9-7-18(8-10-28)29-23(24-13-16-11-19(24)20(24)12-16)26-22(27-29)17-5-6-21(25-14-17)30-15(2)3/h5-6,14-16,18-20H,4,7-13H2,1-3H3. The summed E-state index contributed by atoms with van der Waals surface area (Å²) in [5, 5.41) is 5.12. The Morgan fingerprint density at radius 3 is 2.50 bits per heavy atom. The normalized spacial score (nSPS) is 32.9. The molecule has 4 aliphatic carbocycles. The third-order valence-corrected chi connectivity index (χ3v) is 8.25. The third kappa shape index (κ3) is 2.75. The van der Waals surface area contributed by atoms with E-state index in [1.54, 1.807) is 0 Å². The van der Waals surface area contributed by atoms with Gasteiger partial charge in [-0.2, -0.15) is 5.10 Å². The molecule has 6 nitrogen and oxygen atoms in total. The van der Waals surface area contributed by atoms with Gasteiger partial charge in [-0.15, -0.1) is 0 Å². The Balaban J connectivity index is 1.34. The van der Waals surface area contributed by atoms with E-state index < -0.39 is 0 Å². The van der Waals surface area contributed by atoms with Crippen LogP contribution >= 0.6 is 0 Å². The molecule has 1 aliphatic heterocycles. The van der Waals surface area contributed by atoms with Crippen LogP contribution in [0.2, 0.25) is 0 Å². The van der Waals surface area contributed by atoms with Crippen LogP contribution < -0.4 is 4.74 Å². The van der Waals surface area contributed by atoms with Crippen LogP contribution in [-0.4, -0.2) is 50.4 Å². The summed E-state index contributed by atoms with van der Waals surface area (Å²) in [6, 6.07) is 4.49. The summed E-state index contributed by atoms with van der Waals surface area (Å²) in [6.45, 7) is 9.79. The van der Waals surface area contributed by atoms with Crippen molar-refractivity contribution in [2.24, 2.45) is 17.8 Å². The van der Waals surface area contributed by atoms with Crippen LogP contribution in [0.3, 0.4) is 0 Å². The quantitative estimate of drug-likeness (QED) is 0.722. The molecule has 0 N–H and O–H groups in total. The fourth-order valence-corrected chi connectivity index (χ4v) is 6.86. The van der Waals surface area contributed by atoms with Gasteiger partial charge >= 0.3 is 0 Å². The van der Waals surface area contributed by atoms with Crippen LogP contribution in [-0.2, 0) is 5.41 Å². The second kappa shape index (κ2) is 6.78. The molecule has 0 aromatic carbocycles. The topological polar surface area (TPSA) is 56.1 Å². The van der Waals surface area contributed by atoms with Crippen LogP contribution in [0, 0.1) is 17.8 Å². The highest BCUT2D eigenvalue weighted by molar-refractivity contribution is 5.54. The van der Waals surface area contributed by atoms with Gasteiger partial charge in [0.25, 0.3) is 0 Å². The van der Waals surface area contributed by atoms with Crippen molar-refractivity contribution < 1.29 is 4.74 Å². The first kappa shape index (κ1) is 18.8. The van der Waals surface area contributed by atoms with Crippen molar-refractivity contribution in [1.82, 2.24) is 24.6 Å². The number of ether oxygens (including phenoxy) is 1. The van der Waals surface area contributed by atoms with E-state index in [0.29, 0.717) is 17.3 Å². The van der Waals surface area contributed by atoms with Gasteiger partial charge in [-0.05, 0) is 76.3 Å². The molecule has 7 rings (SSSR count).